The van der Waals surface area contributed by atoms with Crippen LogP contribution >= 0.6 is 0 Å². The Morgan fingerprint density at radius 2 is 0.762 bits per heavy atom. The maximum Gasteiger partial charge on any atom is -0.00262 e. The van der Waals surface area contributed by atoms with Crippen molar-refractivity contribution in [2.24, 2.45) is 0 Å². The molecule has 0 aliphatic rings. The van der Waals surface area contributed by atoms with Crippen LogP contribution in [-0.2, 0) is 0 Å². The minimum Gasteiger partial charge on any atom is -0.0616 e. The lowest BCUT2D eigenvalue weighted by Gasteiger charge is -2.20. The topological polar surface area (TPSA) is 0 Å². The molecule has 0 saturated heterocycles. The fraction of sp³-hybridized carbons (Fsp3) is 0.0476. The normalized spacial score (nSPS) is 11.6. The molecule has 0 fully saturated rings. The van der Waals surface area contributed by atoms with E-state index in [4.69, 9.17) is 0 Å². The van der Waals surface area contributed by atoms with E-state index in [-0.39, 0.29) is 0 Å². The van der Waals surface area contributed by atoms with Gasteiger partial charge in [0.05, 0.1) is 0 Å². The molecule has 0 bridgehead atoms. The maximum atomic E-state index is 2.42. The first-order chi connectivity index (χ1) is 20.7. The van der Waals surface area contributed by atoms with E-state index in [2.05, 4.69) is 159 Å². The van der Waals surface area contributed by atoms with E-state index in [1.54, 1.807) is 0 Å². The van der Waals surface area contributed by atoms with Crippen molar-refractivity contribution in [2.45, 2.75) is 13.8 Å². The van der Waals surface area contributed by atoms with Gasteiger partial charge in [-0.25, -0.2) is 0 Å². The Morgan fingerprint density at radius 1 is 0.310 bits per heavy atom. The highest BCUT2D eigenvalue weighted by molar-refractivity contribution is 6.22. The quantitative estimate of drug-likeness (QED) is 0.198. The van der Waals surface area contributed by atoms with Gasteiger partial charge in [0.2, 0.25) is 0 Å². The van der Waals surface area contributed by atoms with Gasteiger partial charge in [-0.2, -0.15) is 0 Å². The zero-order chi connectivity index (χ0) is 28.2. The fourth-order valence-electron chi connectivity index (χ4n) is 6.88. The van der Waals surface area contributed by atoms with Crippen LogP contribution in [0.3, 0.4) is 0 Å². The molecule has 0 aliphatic heterocycles. The third kappa shape index (κ3) is 3.84. The molecule has 42 heavy (non-hydrogen) atoms. The Kier molecular flexibility index (Phi) is 5.69. The van der Waals surface area contributed by atoms with Gasteiger partial charge in [0.15, 0.2) is 0 Å². The van der Waals surface area contributed by atoms with Gasteiger partial charge < -0.3 is 0 Å². The summed E-state index contributed by atoms with van der Waals surface area (Å²) in [6.45, 7) is 4.47. The molecule has 0 atom stereocenters. The lowest BCUT2D eigenvalue weighted by molar-refractivity contribution is 1.43. The Balaban J connectivity index is 1.44. The number of fused-ring (bicyclic) bond motifs is 4. The van der Waals surface area contributed by atoms with Crippen LogP contribution in [0.1, 0.15) is 11.1 Å². The number of aryl methyl sites for hydroxylation is 2. The SMILES string of the molecule is Cc1ccc(-c2c3ccccc3c(-c3ccc4ccccc4c3)c3ccccc23)cc1-c1c(C)ccc2ccccc12. The smallest absolute Gasteiger partial charge is 0.00262 e. The molecule has 0 radical (unpaired) electrons. The van der Waals surface area contributed by atoms with Crippen LogP contribution in [0, 0.1) is 13.8 Å². The van der Waals surface area contributed by atoms with E-state index in [9.17, 15) is 0 Å². The average Bonchev–Trinajstić information content (AvgIpc) is 3.04. The highest BCUT2D eigenvalue weighted by Gasteiger charge is 2.18. The third-order valence-electron chi connectivity index (χ3n) is 8.90. The first kappa shape index (κ1) is 24.6. The van der Waals surface area contributed by atoms with Crippen molar-refractivity contribution in [3.8, 4) is 33.4 Å². The van der Waals surface area contributed by atoms with Crippen molar-refractivity contribution < 1.29 is 0 Å². The van der Waals surface area contributed by atoms with Gasteiger partial charge >= 0.3 is 0 Å². The summed E-state index contributed by atoms with van der Waals surface area (Å²) in [6, 6.07) is 53.6. The summed E-state index contributed by atoms with van der Waals surface area (Å²) in [5, 5.41) is 10.2. The second-order valence-corrected chi connectivity index (χ2v) is 11.4. The van der Waals surface area contributed by atoms with Crippen molar-refractivity contribution in [3.63, 3.8) is 0 Å². The first-order valence-electron chi connectivity index (χ1n) is 14.7. The van der Waals surface area contributed by atoms with E-state index in [1.165, 1.54) is 87.6 Å². The monoisotopic (exact) mass is 534 g/mol. The van der Waals surface area contributed by atoms with E-state index >= 15 is 0 Å². The molecule has 198 valence electrons. The van der Waals surface area contributed by atoms with Crippen molar-refractivity contribution in [2.75, 3.05) is 0 Å². The van der Waals surface area contributed by atoms with Crippen LogP contribution in [-0.4, -0.2) is 0 Å². The second kappa shape index (κ2) is 9.72. The van der Waals surface area contributed by atoms with Gasteiger partial charge in [-0.05, 0) is 114 Å². The molecule has 0 nitrogen and oxygen atoms in total. The number of hydrogen-bond donors (Lipinski definition) is 0. The largest absolute Gasteiger partial charge is 0.0616 e. The standard InChI is InChI=1S/C42H30/c1-27-19-22-33(26-39(27)40-28(2)20-21-30-12-5-6-14-34(30)40)42-37-17-9-7-15-35(37)41(36-16-8-10-18-38(36)42)32-24-23-29-11-3-4-13-31(29)25-32/h3-26H,1-2H3. The van der Waals surface area contributed by atoms with Crippen LogP contribution in [0.2, 0.25) is 0 Å². The highest BCUT2D eigenvalue weighted by atomic mass is 14.2. The molecule has 0 N–H and O–H groups in total. The summed E-state index contributed by atoms with van der Waals surface area (Å²) in [5.41, 5.74) is 10.3. The molecule has 0 spiro atoms. The lowest BCUT2D eigenvalue weighted by atomic mass is 9.84. The number of rotatable bonds is 3. The van der Waals surface area contributed by atoms with Gasteiger partial charge in [-0.15, -0.1) is 0 Å². The average molecular weight is 535 g/mol. The third-order valence-corrected chi connectivity index (χ3v) is 8.90. The van der Waals surface area contributed by atoms with Crippen LogP contribution in [0.4, 0.5) is 0 Å². The van der Waals surface area contributed by atoms with E-state index in [0.29, 0.717) is 0 Å². The lowest BCUT2D eigenvalue weighted by Crippen LogP contribution is -1.93. The molecule has 0 heterocycles. The molecular formula is C42H30. The fourth-order valence-corrected chi connectivity index (χ4v) is 6.88. The number of benzene rings is 8. The zero-order valence-corrected chi connectivity index (χ0v) is 23.9. The summed E-state index contributed by atoms with van der Waals surface area (Å²) in [5.74, 6) is 0. The van der Waals surface area contributed by atoms with Gasteiger partial charge in [0.25, 0.3) is 0 Å². The summed E-state index contributed by atoms with van der Waals surface area (Å²) in [7, 11) is 0. The summed E-state index contributed by atoms with van der Waals surface area (Å²) < 4.78 is 0. The molecule has 0 aliphatic carbocycles. The van der Waals surface area contributed by atoms with Crippen molar-refractivity contribution in [1.29, 1.82) is 0 Å². The van der Waals surface area contributed by atoms with E-state index in [0.717, 1.165) is 0 Å². The first-order valence-corrected chi connectivity index (χ1v) is 14.7. The van der Waals surface area contributed by atoms with Gasteiger partial charge in [-0.1, -0.05) is 133 Å². The molecule has 0 aromatic heterocycles. The molecular weight excluding hydrogens is 504 g/mol. The van der Waals surface area contributed by atoms with E-state index in [1.807, 2.05) is 0 Å². The second-order valence-electron chi connectivity index (χ2n) is 11.4. The van der Waals surface area contributed by atoms with Crippen LogP contribution in [0.25, 0.3) is 76.5 Å². The van der Waals surface area contributed by atoms with Gasteiger partial charge in [0.1, 0.15) is 0 Å². The predicted octanol–water partition coefficient (Wildman–Crippen LogP) is 11.9. The molecule has 0 unspecified atom stereocenters. The van der Waals surface area contributed by atoms with Crippen LogP contribution in [0.5, 0.6) is 0 Å². The Hall–Kier alpha value is -5.20. The minimum atomic E-state index is 1.25. The maximum absolute atomic E-state index is 2.42. The Labute approximate surface area is 246 Å². The molecule has 8 aromatic carbocycles. The Morgan fingerprint density at radius 3 is 1.40 bits per heavy atom. The van der Waals surface area contributed by atoms with E-state index < -0.39 is 0 Å². The molecule has 0 heteroatoms. The van der Waals surface area contributed by atoms with Crippen LogP contribution < -0.4 is 0 Å². The molecule has 0 saturated carbocycles. The predicted molar refractivity (Wildman–Crippen MR) is 182 cm³/mol. The molecule has 8 rings (SSSR count). The zero-order valence-electron chi connectivity index (χ0n) is 23.9. The highest BCUT2D eigenvalue weighted by Crippen LogP contribution is 2.45. The van der Waals surface area contributed by atoms with Crippen molar-refractivity contribution in [1.82, 2.24) is 0 Å². The summed E-state index contributed by atoms with van der Waals surface area (Å²) in [6.07, 6.45) is 0. The van der Waals surface area contributed by atoms with Gasteiger partial charge in [0, 0.05) is 0 Å². The molecule has 0 amide bonds. The van der Waals surface area contributed by atoms with Crippen LogP contribution in [0.15, 0.2) is 146 Å². The van der Waals surface area contributed by atoms with Crippen molar-refractivity contribution in [3.05, 3.63) is 157 Å². The van der Waals surface area contributed by atoms with Gasteiger partial charge in [-0.3, -0.25) is 0 Å². The van der Waals surface area contributed by atoms with Crippen molar-refractivity contribution >= 4 is 43.1 Å². The minimum absolute atomic E-state index is 1.25. The summed E-state index contributed by atoms with van der Waals surface area (Å²) in [4.78, 5) is 0. The number of hydrogen-bond acceptors (Lipinski definition) is 0. The molecule has 8 aromatic rings. The Bertz CT molecular complexity index is 2260. The summed E-state index contributed by atoms with van der Waals surface area (Å²) >= 11 is 0.